The molecule has 0 saturated heterocycles. The van der Waals surface area contributed by atoms with Crippen LogP contribution in [0.3, 0.4) is 0 Å². The predicted octanol–water partition coefficient (Wildman–Crippen LogP) is 18.0. The summed E-state index contributed by atoms with van der Waals surface area (Å²) in [5.41, 5.74) is 0. The molecule has 11 nitrogen and oxygen atoms in total. The number of esters is 2. The Labute approximate surface area is 439 Å². The Morgan fingerprint density at radius 3 is 1.11 bits per heavy atom. The number of ether oxygens (including phenoxy) is 2. The molecule has 0 spiro atoms. The molecule has 0 radical (unpaired) electrons. The summed E-state index contributed by atoms with van der Waals surface area (Å²) in [6.45, 7) is 25.0. The van der Waals surface area contributed by atoms with Crippen LogP contribution in [0.2, 0.25) is 36.3 Å². The van der Waals surface area contributed by atoms with Crippen LogP contribution in [0.15, 0.2) is 24.3 Å². The number of nitriles is 1. The van der Waals surface area contributed by atoms with Crippen LogP contribution < -0.4 is 0 Å². The number of allylic oxidation sites excluding steroid dienone is 4. The van der Waals surface area contributed by atoms with Gasteiger partial charge in [-0.05, 0) is 100 Å². The number of rotatable bonds is 47. The monoisotopic (exact) mass is 1060 g/mol. The molecule has 416 valence electrons. The van der Waals surface area contributed by atoms with Gasteiger partial charge in [-0.1, -0.05) is 182 Å². The summed E-state index contributed by atoms with van der Waals surface area (Å²) in [4.78, 5) is 26.5. The van der Waals surface area contributed by atoms with Crippen LogP contribution in [0.4, 0.5) is 0 Å². The van der Waals surface area contributed by atoms with Crippen molar-refractivity contribution >= 4 is 36.4 Å². The second-order valence-corrected chi connectivity index (χ2v) is 34.1. The standard InChI is InChI=1S/C57H110NO10PSi2/c1-13-15-17-19-21-23-25-27-29-31-33-35-37-39-41-44-54(59)67-52(50-65-70(9,10)56(3,4)5)48-63-69(61,62-47-43-46-58)64-49-53(51-66-71(11,12)57(6,7)8)68-55(60)45-42-40-38-36-34-32-30-28-26-24-22-20-18-16-14-2/h27-30,52-53H,13-26,31-45,47-51H2,1-12H3/b29-27-,30-28-/t52-,53-/m1/s1. The molecule has 0 heterocycles. The van der Waals surface area contributed by atoms with Crippen molar-refractivity contribution in [3.05, 3.63) is 24.3 Å². The number of hydrogen-bond acceptors (Lipinski definition) is 11. The first-order chi connectivity index (χ1) is 33.6. The fourth-order valence-corrected chi connectivity index (χ4v) is 10.4. The van der Waals surface area contributed by atoms with Crippen molar-refractivity contribution in [2.45, 2.75) is 290 Å². The number of unbranched alkanes of at least 4 members (excludes halogenated alkanes) is 22. The van der Waals surface area contributed by atoms with Gasteiger partial charge in [0, 0.05) is 12.8 Å². The molecule has 0 bridgehead atoms. The minimum atomic E-state index is -4.38. The molecule has 0 saturated carbocycles. The van der Waals surface area contributed by atoms with Crippen molar-refractivity contribution in [3.63, 3.8) is 0 Å². The first kappa shape index (κ1) is 69.4. The molecule has 0 amide bonds. The highest BCUT2D eigenvalue weighted by molar-refractivity contribution is 7.48. The molecule has 2 atom stereocenters. The molecule has 0 aliphatic heterocycles. The molecule has 0 aliphatic carbocycles. The van der Waals surface area contributed by atoms with Crippen LogP contribution >= 0.6 is 7.82 Å². The van der Waals surface area contributed by atoms with E-state index < -0.39 is 36.7 Å². The average Bonchev–Trinajstić information content (AvgIpc) is 3.30. The van der Waals surface area contributed by atoms with Crippen LogP contribution in [-0.2, 0) is 46.1 Å². The van der Waals surface area contributed by atoms with E-state index in [2.05, 4.69) is 106 Å². The van der Waals surface area contributed by atoms with E-state index >= 15 is 0 Å². The summed E-state index contributed by atoms with van der Waals surface area (Å²) < 4.78 is 56.6. The zero-order chi connectivity index (χ0) is 53.3. The van der Waals surface area contributed by atoms with Crippen molar-refractivity contribution < 1.29 is 46.1 Å². The van der Waals surface area contributed by atoms with Crippen molar-refractivity contribution in [2.75, 3.05) is 33.0 Å². The van der Waals surface area contributed by atoms with Crippen LogP contribution in [0.5, 0.6) is 0 Å². The molecule has 14 heteroatoms. The van der Waals surface area contributed by atoms with Crippen molar-refractivity contribution in [1.82, 2.24) is 0 Å². The van der Waals surface area contributed by atoms with Crippen LogP contribution in [0.1, 0.15) is 242 Å². The lowest BCUT2D eigenvalue weighted by atomic mass is 10.1. The van der Waals surface area contributed by atoms with E-state index in [-0.39, 0.29) is 74.3 Å². The number of carbonyl (C=O) groups excluding carboxylic acids is 2. The lowest BCUT2D eigenvalue weighted by molar-refractivity contribution is -0.153. The van der Waals surface area contributed by atoms with Crippen LogP contribution in [0, 0.1) is 11.3 Å². The smallest absolute Gasteiger partial charge is 0.457 e. The van der Waals surface area contributed by atoms with E-state index in [0.29, 0.717) is 12.8 Å². The summed E-state index contributed by atoms with van der Waals surface area (Å²) in [6, 6.07) is 2.00. The predicted molar refractivity (Wildman–Crippen MR) is 301 cm³/mol. The van der Waals surface area contributed by atoms with Crippen molar-refractivity contribution in [2.24, 2.45) is 0 Å². The molecule has 0 N–H and O–H groups in total. The van der Waals surface area contributed by atoms with Crippen LogP contribution in [-0.4, -0.2) is 73.8 Å². The molecule has 0 aromatic heterocycles. The Morgan fingerprint density at radius 2 is 0.803 bits per heavy atom. The first-order valence-electron chi connectivity index (χ1n) is 28.5. The van der Waals surface area contributed by atoms with Gasteiger partial charge < -0.3 is 18.3 Å². The van der Waals surface area contributed by atoms with E-state index in [1.54, 1.807) is 0 Å². The first-order valence-corrected chi connectivity index (χ1v) is 35.8. The second-order valence-electron chi connectivity index (χ2n) is 22.8. The number of phosphoric ester groups is 1. The van der Waals surface area contributed by atoms with Crippen molar-refractivity contribution in [1.29, 1.82) is 5.26 Å². The zero-order valence-electron chi connectivity index (χ0n) is 48.0. The maximum atomic E-state index is 14.3. The number of nitrogens with zero attached hydrogens (tertiary/aromatic N) is 1. The molecule has 71 heavy (non-hydrogen) atoms. The van der Waals surface area contributed by atoms with Gasteiger partial charge in [-0.2, -0.15) is 5.26 Å². The summed E-state index contributed by atoms with van der Waals surface area (Å²) in [7, 11) is -8.93. The lowest BCUT2D eigenvalue weighted by Gasteiger charge is -2.37. The number of phosphoric acid groups is 1. The van der Waals surface area contributed by atoms with Gasteiger partial charge in [0.25, 0.3) is 0 Å². The second kappa shape index (κ2) is 41.6. The Balaban J connectivity index is 5.50. The zero-order valence-corrected chi connectivity index (χ0v) is 50.9. The van der Waals surface area contributed by atoms with Gasteiger partial charge in [0.1, 0.15) is 12.2 Å². The summed E-state index contributed by atoms with van der Waals surface area (Å²) >= 11 is 0. The van der Waals surface area contributed by atoms with Crippen molar-refractivity contribution in [3.8, 4) is 6.07 Å². The molecule has 0 aromatic carbocycles. The Bertz CT molecular complexity index is 1390. The number of carbonyl (C=O) groups is 2. The van der Waals surface area contributed by atoms with E-state index in [1.165, 1.54) is 89.9 Å². The van der Waals surface area contributed by atoms with E-state index in [4.69, 9.17) is 31.9 Å². The van der Waals surface area contributed by atoms with Crippen LogP contribution in [0.25, 0.3) is 0 Å². The minimum Gasteiger partial charge on any atom is -0.457 e. The molecule has 0 fully saturated rings. The molecule has 0 rings (SSSR count). The maximum absolute atomic E-state index is 14.3. The third-order valence-corrected chi connectivity index (χ3v) is 24.5. The highest BCUT2D eigenvalue weighted by atomic mass is 31.2. The van der Waals surface area contributed by atoms with E-state index in [9.17, 15) is 19.4 Å². The maximum Gasteiger partial charge on any atom is 0.475 e. The van der Waals surface area contributed by atoms with E-state index in [0.717, 1.165) is 64.2 Å². The van der Waals surface area contributed by atoms with Gasteiger partial charge in [-0.15, -0.1) is 0 Å². The molecule has 0 aromatic rings. The van der Waals surface area contributed by atoms with Gasteiger partial charge in [0.15, 0.2) is 16.6 Å². The topological polar surface area (TPSA) is 140 Å². The molecular weight excluding hydrogens is 946 g/mol. The van der Waals surface area contributed by atoms with Gasteiger partial charge in [-0.3, -0.25) is 23.2 Å². The van der Waals surface area contributed by atoms with Gasteiger partial charge in [0.05, 0.1) is 45.5 Å². The normalized spacial score (nSPS) is 13.8. The Hall–Kier alpha value is -1.63. The van der Waals surface area contributed by atoms with Gasteiger partial charge in [-0.25, -0.2) is 4.57 Å². The fourth-order valence-electron chi connectivity index (χ4n) is 7.10. The van der Waals surface area contributed by atoms with Gasteiger partial charge in [0.2, 0.25) is 0 Å². The quantitative estimate of drug-likeness (QED) is 0.0189. The third-order valence-electron chi connectivity index (χ3n) is 14.1. The Kier molecular flexibility index (Phi) is 40.6. The fraction of sp³-hybridized carbons (Fsp3) is 0.877. The lowest BCUT2D eigenvalue weighted by Crippen LogP contribution is -2.44. The highest BCUT2D eigenvalue weighted by Gasteiger charge is 2.40. The third kappa shape index (κ3) is 38.6. The molecular formula is C57H110NO10PSi2. The van der Waals surface area contributed by atoms with E-state index in [1.807, 2.05) is 6.07 Å². The summed E-state index contributed by atoms with van der Waals surface area (Å²) in [6.07, 6.45) is 38.2. The molecule has 0 unspecified atom stereocenters. The average molecular weight is 1060 g/mol. The molecule has 0 aliphatic rings. The number of hydrogen-bond donors (Lipinski definition) is 0. The highest BCUT2D eigenvalue weighted by Crippen LogP contribution is 2.50. The Morgan fingerprint density at radius 1 is 0.493 bits per heavy atom. The minimum absolute atomic E-state index is 0.0454. The SMILES string of the molecule is CCCCCCCC/C=C\CCCCCCCC(=O)O[C@@H](CO[Si](C)(C)C(C)(C)C)COP(=O)(OCCC#N)OC[C@H](CO[Si](C)(C)C(C)(C)C)OC(=O)CCCCCCC/C=C\CCCCCCCC. The summed E-state index contributed by atoms with van der Waals surface area (Å²) in [5.74, 6) is -0.755. The summed E-state index contributed by atoms with van der Waals surface area (Å²) in [5, 5.41) is 9.08. The largest absolute Gasteiger partial charge is 0.475 e. The van der Waals surface area contributed by atoms with Gasteiger partial charge >= 0.3 is 19.8 Å².